The molecular formula is C16H19NO3S. The number of benzene rings is 1. The molecule has 1 saturated heterocycles. The fraction of sp³-hybridized carbons (Fsp3) is 0.500. The molecule has 112 valence electrons. The maximum absolute atomic E-state index is 12.1. The number of hydrogen-bond acceptors (Lipinski definition) is 3. The number of carbonyl (C=O) groups excluding carboxylic acids is 1. The fourth-order valence-electron chi connectivity index (χ4n) is 2.79. The molecule has 1 aliphatic carbocycles. The van der Waals surface area contributed by atoms with Gasteiger partial charge in [-0.1, -0.05) is 18.6 Å². The van der Waals surface area contributed by atoms with Crippen molar-refractivity contribution in [3.8, 4) is 0 Å². The maximum atomic E-state index is 12.1. The van der Waals surface area contributed by atoms with Gasteiger partial charge in [0.05, 0.1) is 10.7 Å². The number of anilines is 1. The second-order valence-corrected chi connectivity index (χ2v) is 7.12. The lowest BCUT2D eigenvalue weighted by Crippen LogP contribution is -2.27. The molecule has 21 heavy (non-hydrogen) atoms. The Morgan fingerprint density at radius 1 is 1.19 bits per heavy atom. The first-order valence-electron chi connectivity index (χ1n) is 7.38. The van der Waals surface area contributed by atoms with Crippen LogP contribution in [0.5, 0.6) is 0 Å². The summed E-state index contributed by atoms with van der Waals surface area (Å²) in [5.74, 6) is 0.364. The van der Waals surface area contributed by atoms with Gasteiger partial charge in [0.25, 0.3) is 0 Å². The van der Waals surface area contributed by atoms with Crippen LogP contribution in [-0.2, 0) is 15.0 Å². The fourth-order valence-corrected chi connectivity index (χ4v) is 3.99. The third-order valence-corrected chi connectivity index (χ3v) is 5.71. The number of nitrogens with one attached hydrogen (secondary N) is 1. The van der Waals surface area contributed by atoms with Crippen molar-refractivity contribution in [2.24, 2.45) is 0 Å². The predicted octanol–water partition coefficient (Wildman–Crippen LogP) is 3.03. The summed E-state index contributed by atoms with van der Waals surface area (Å²) in [6, 6.07) is 7.27. The molecule has 2 aliphatic rings. The number of rotatable bonds is 4. The van der Waals surface area contributed by atoms with Crippen molar-refractivity contribution in [1.29, 1.82) is 0 Å². The minimum atomic E-state index is -0.752. The molecule has 1 unspecified atom stereocenters. The molecule has 0 bridgehead atoms. The average Bonchev–Trinajstić information content (AvgIpc) is 3.31. The first-order chi connectivity index (χ1) is 10.1. The molecule has 5 heteroatoms. The largest absolute Gasteiger partial charge is 0.481 e. The van der Waals surface area contributed by atoms with Gasteiger partial charge in [-0.05, 0) is 49.1 Å². The molecule has 0 aromatic heterocycles. The highest BCUT2D eigenvalue weighted by molar-refractivity contribution is 8.00. The molecule has 1 amide bonds. The van der Waals surface area contributed by atoms with E-state index in [2.05, 4.69) is 5.32 Å². The number of carbonyl (C=O) groups is 2. The molecule has 3 rings (SSSR count). The van der Waals surface area contributed by atoms with E-state index in [0.717, 1.165) is 29.8 Å². The zero-order valence-corrected chi connectivity index (χ0v) is 12.6. The third-order valence-electron chi connectivity index (χ3n) is 4.34. The van der Waals surface area contributed by atoms with Crippen LogP contribution in [0.1, 0.15) is 37.7 Å². The molecule has 1 aliphatic heterocycles. The Morgan fingerprint density at radius 2 is 1.90 bits per heavy atom. The number of aliphatic carboxylic acids is 1. The number of carboxylic acid groups (broad SMARTS) is 1. The van der Waals surface area contributed by atoms with Gasteiger partial charge in [-0.2, -0.15) is 0 Å². The van der Waals surface area contributed by atoms with Gasteiger partial charge in [-0.15, -0.1) is 11.8 Å². The summed E-state index contributed by atoms with van der Waals surface area (Å²) in [6.45, 7) is 0. The Kier molecular flexibility index (Phi) is 3.93. The first kappa shape index (κ1) is 14.4. The van der Waals surface area contributed by atoms with E-state index in [4.69, 9.17) is 0 Å². The molecule has 1 heterocycles. The van der Waals surface area contributed by atoms with Crippen molar-refractivity contribution in [3.05, 3.63) is 29.8 Å². The number of amides is 1. The lowest BCUT2D eigenvalue weighted by atomic mass is 9.96. The standard InChI is InChI=1S/C16H19NO3S/c18-14(13-3-1-2-10-21-13)17-12-6-4-11(5-7-12)16(8-9-16)15(19)20/h4-7,13H,1-3,8-10H2,(H,17,18)(H,19,20). The summed E-state index contributed by atoms with van der Waals surface area (Å²) in [4.78, 5) is 23.4. The predicted molar refractivity (Wildman–Crippen MR) is 83.7 cm³/mol. The molecular weight excluding hydrogens is 286 g/mol. The smallest absolute Gasteiger partial charge is 0.314 e. The van der Waals surface area contributed by atoms with Gasteiger partial charge < -0.3 is 10.4 Å². The minimum absolute atomic E-state index is 0.0484. The molecule has 1 saturated carbocycles. The van der Waals surface area contributed by atoms with E-state index in [1.807, 2.05) is 24.3 Å². The van der Waals surface area contributed by atoms with Gasteiger partial charge in [0, 0.05) is 5.69 Å². The molecule has 4 nitrogen and oxygen atoms in total. The summed E-state index contributed by atoms with van der Waals surface area (Å²) in [5, 5.41) is 12.3. The monoisotopic (exact) mass is 305 g/mol. The van der Waals surface area contributed by atoms with Gasteiger partial charge >= 0.3 is 5.97 Å². The Hall–Kier alpha value is -1.49. The molecule has 0 radical (unpaired) electrons. The highest BCUT2D eigenvalue weighted by atomic mass is 32.2. The van der Waals surface area contributed by atoms with Crippen LogP contribution >= 0.6 is 11.8 Å². The second kappa shape index (κ2) is 5.72. The summed E-state index contributed by atoms with van der Waals surface area (Å²) in [5.41, 5.74) is 0.901. The summed E-state index contributed by atoms with van der Waals surface area (Å²) in [7, 11) is 0. The number of carboxylic acids is 1. The third kappa shape index (κ3) is 2.93. The Morgan fingerprint density at radius 3 is 2.43 bits per heavy atom. The van der Waals surface area contributed by atoms with E-state index >= 15 is 0 Å². The van der Waals surface area contributed by atoms with Crippen LogP contribution in [0.25, 0.3) is 0 Å². The molecule has 0 spiro atoms. The van der Waals surface area contributed by atoms with E-state index in [1.165, 1.54) is 6.42 Å². The average molecular weight is 305 g/mol. The lowest BCUT2D eigenvalue weighted by molar-refractivity contribution is -0.140. The van der Waals surface area contributed by atoms with Crippen LogP contribution in [0.4, 0.5) is 5.69 Å². The van der Waals surface area contributed by atoms with Crippen molar-refractivity contribution < 1.29 is 14.7 Å². The molecule has 1 atom stereocenters. The van der Waals surface area contributed by atoms with Crippen molar-refractivity contribution >= 4 is 29.3 Å². The zero-order chi connectivity index (χ0) is 14.9. The van der Waals surface area contributed by atoms with Gasteiger partial charge in [-0.25, -0.2) is 0 Å². The Balaban J connectivity index is 1.65. The van der Waals surface area contributed by atoms with Crippen LogP contribution in [0, 0.1) is 0 Å². The van der Waals surface area contributed by atoms with E-state index < -0.39 is 11.4 Å². The Bertz CT molecular complexity index is 545. The lowest BCUT2D eigenvalue weighted by Gasteiger charge is -2.20. The molecule has 1 aromatic rings. The molecule has 2 N–H and O–H groups in total. The summed E-state index contributed by atoms with van der Waals surface area (Å²) < 4.78 is 0. The van der Waals surface area contributed by atoms with E-state index in [-0.39, 0.29) is 11.2 Å². The van der Waals surface area contributed by atoms with Crippen LogP contribution < -0.4 is 5.32 Å². The highest BCUT2D eigenvalue weighted by Crippen LogP contribution is 2.48. The quantitative estimate of drug-likeness (QED) is 0.897. The molecule has 1 aromatic carbocycles. The normalized spacial score (nSPS) is 23.3. The number of thioether (sulfide) groups is 1. The van der Waals surface area contributed by atoms with Crippen LogP contribution in [0.2, 0.25) is 0 Å². The van der Waals surface area contributed by atoms with Gasteiger partial charge in [-0.3, -0.25) is 9.59 Å². The molecule has 2 fully saturated rings. The topological polar surface area (TPSA) is 66.4 Å². The van der Waals surface area contributed by atoms with E-state index in [9.17, 15) is 14.7 Å². The van der Waals surface area contributed by atoms with Gasteiger partial charge in [0.2, 0.25) is 5.91 Å². The van der Waals surface area contributed by atoms with Crippen LogP contribution in [0.3, 0.4) is 0 Å². The second-order valence-electron chi connectivity index (χ2n) is 5.81. The van der Waals surface area contributed by atoms with Gasteiger partial charge in [0.15, 0.2) is 0 Å². The Labute approximate surface area is 128 Å². The van der Waals surface area contributed by atoms with E-state index in [1.54, 1.807) is 11.8 Å². The number of hydrogen-bond donors (Lipinski definition) is 2. The van der Waals surface area contributed by atoms with Gasteiger partial charge in [0.1, 0.15) is 0 Å². The zero-order valence-electron chi connectivity index (χ0n) is 11.8. The van der Waals surface area contributed by atoms with Crippen molar-refractivity contribution in [2.45, 2.75) is 42.8 Å². The van der Waals surface area contributed by atoms with Crippen LogP contribution in [-0.4, -0.2) is 28.0 Å². The minimum Gasteiger partial charge on any atom is -0.481 e. The maximum Gasteiger partial charge on any atom is 0.314 e. The summed E-state index contributed by atoms with van der Waals surface area (Å²) in [6.07, 6.45) is 4.65. The SMILES string of the molecule is O=C(Nc1ccc(C2(C(=O)O)CC2)cc1)C1CCCCS1. The van der Waals surface area contributed by atoms with Crippen molar-refractivity contribution in [1.82, 2.24) is 0 Å². The highest BCUT2D eigenvalue weighted by Gasteiger charge is 2.51. The van der Waals surface area contributed by atoms with E-state index in [0.29, 0.717) is 12.8 Å². The van der Waals surface area contributed by atoms with Crippen LogP contribution in [0.15, 0.2) is 24.3 Å². The first-order valence-corrected chi connectivity index (χ1v) is 8.43. The van der Waals surface area contributed by atoms with Crippen molar-refractivity contribution in [2.75, 3.05) is 11.1 Å². The van der Waals surface area contributed by atoms with Crippen molar-refractivity contribution in [3.63, 3.8) is 0 Å². The summed E-state index contributed by atoms with van der Waals surface area (Å²) >= 11 is 1.72.